The lowest BCUT2D eigenvalue weighted by atomic mass is 10.1. The lowest BCUT2D eigenvalue weighted by molar-refractivity contribution is 0.284. The van der Waals surface area contributed by atoms with Gasteiger partial charge in [0.2, 0.25) is 0 Å². The van der Waals surface area contributed by atoms with Gasteiger partial charge in [0.05, 0.1) is 6.61 Å². The molecule has 1 unspecified atom stereocenters. The van der Waals surface area contributed by atoms with Gasteiger partial charge in [0.1, 0.15) is 5.75 Å². The second-order valence-electron chi connectivity index (χ2n) is 4.17. The van der Waals surface area contributed by atoms with Crippen molar-refractivity contribution in [3.63, 3.8) is 0 Å². The summed E-state index contributed by atoms with van der Waals surface area (Å²) in [6.07, 6.45) is 1.82. The summed E-state index contributed by atoms with van der Waals surface area (Å²) in [6.45, 7) is 6.07. The van der Waals surface area contributed by atoms with Crippen molar-refractivity contribution in [3.05, 3.63) is 29.8 Å². The molecular formula is C14H23NO2. The van der Waals surface area contributed by atoms with Gasteiger partial charge in [-0.15, -0.1) is 0 Å². The standard InChI is InChI=1S/C14H23NO2/c1-3-11-17-14-7-5-13(6-8-14)12(2)15-9-4-10-16/h5-8,12,15-16H,3-4,9-11H2,1-2H3. The van der Waals surface area contributed by atoms with E-state index in [1.54, 1.807) is 0 Å². The summed E-state index contributed by atoms with van der Waals surface area (Å²) < 4.78 is 5.53. The largest absolute Gasteiger partial charge is 0.494 e. The fraction of sp³-hybridized carbons (Fsp3) is 0.571. The molecule has 0 fully saturated rings. The molecule has 0 bridgehead atoms. The summed E-state index contributed by atoms with van der Waals surface area (Å²) in [5.41, 5.74) is 1.24. The number of benzene rings is 1. The van der Waals surface area contributed by atoms with Gasteiger partial charge in [0.25, 0.3) is 0 Å². The summed E-state index contributed by atoms with van der Waals surface area (Å²) >= 11 is 0. The first-order valence-corrected chi connectivity index (χ1v) is 6.35. The Morgan fingerprint density at radius 3 is 2.59 bits per heavy atom. The monoisotopic (exact) mass is 237 g/mol. The van der Waals surface area contributed by atoms with Gasteiger partial charge in [0, 0.05) is 12.6 Å². The third-order valence-electron chi connectivity index (χ3n) is 2.64. The maximum atomic E-state index is 8.71. The van der Waals surface area contributed by atoms with Crippen LogP contribution in [0.5, 0.6) is 5.75 Å². The maximum Gasteiger partial charge on any atom is 0.119 e. The molecule has 0 heterocycles. The third kappa shape index (κ3) is 5.20. The van der Waals surface area contributed by atoms with Crippen molar-refractivity contribution in [2.24, 2.45) is 0 Å². The fourth-order valence-corrected chi connectivity index (χ4v) is 1.59. The average Bonchev–Trinajstić information content (AvgIpc) is 2.37. The van der Waals surface area contributed by atoms with E-state index in [2.05, 4.69) is 31.3 Å². The summed E-state index contributed by atoms with van der Waals surface area (Å²) in [4.78, 5) is 0. The van der Waals surface area contributed by atoms with Gasteiger partial charge in [-0.1, -0.05) is 19.1 Å². The maximum absolute atomic E-state index is 8.71. The molecule has 3 heteroatoms. The van der Waals surface area contributed by atoms with Crippen LogP contribution in [0, 0.1) is 0 Å². The summed E-state index contributed by atoms with van der Waals surface area (Å²) in [7, 11) is 0. The lowest BCUT2D eigenvalue weighted by Gasteiger charge is -2.14. The molecule has 96 valence electrons. The second-order valence-corrected chi connectivity index (χ2v) is 4.17. The van der Waals surface area contributed by atoms with E-state index in [0.29, 0.717) is 6.04 Å². The molecule has 3 nitrogen and oxygen atoms in total. The zero-order valence-electron chi connectivity index (χ0n) is 10.8. The average molecular weight is 237 g/mol. The van der Waals surface area contributed by atoms with Crippen molar-refractivity contribution in [2.45, 2.75) is 32.7 Å². The van der Waals surface area contributed by atoms with Gasteiger partial charge in [0.15, 0.2) is 0 Å². The van der Waals surface area contributed by atoms with Crippen molar-refractivity contribution in [2.75, 3.05) is 19.8 Å². The van der Waals surface area contributed by atoms with Crippen LogP contribution in [0.1, 0.15) is 38.3 Å². The Kier molecular flexibility index (Phi) is 6.67. The predicted molar refractivity (Wildman–Crippen MR) is 70.3 cm³/mol. The number of hydrogen-bond donors (Lipinski definition) is 2. The quantitative estimate of drug-likeness (QED) is 0.683. The molecule has 0 saturated heterocycles. The normalized spacial score (nSPS) is 12.4. The zero-order valence-corrected chi connectivity index (χ0v) is 10.8. The minimum absolute atomic E-state index is 0.240. The van der Waals surface area contributed by atoms with Crippen LogP contribution in [0.15, 0.2) is 24.3 Å². The van der Waals surface area contributed by atoms with E-state index in [1.165, 1.54) is 5.56 Å². The van der Waals surface area contributed by atoms with Crippen molar-refractivity contribution in [1.29, 1.82) is 0 Å². The van der Waals surface area contributed by atoms with Crippen LogP contribution in [0.25, 0.3) is 0 Å². The number of hydrogen-bond acceptors (Lipinski definition) is 3. The molecule has 0 aliphatic carbocycles. The molecule has 0 aromatic heterocycles. The minimum atomic E-state index is 0.240. The van der Waals surface area contributed by atoms with Crippen molar-refractivity contribution < 1.29 is 9.84 Å². The van der Waals surface area contributed by atoms with E-state index in [1.807, 2.05) is 12.1 Å². The first-order valence-electron chi connectivity index (χ1n) is 6.35. The molecule has 1 rings (SSSR count). The lowest BCUT2D eigenvalue weighted by Crippen LogP contribution is -2.20. The first kappa shape index (κ1) is 14.0. The van der Waals surface area contributed by atoms with Gasteiger partial charge < -0.3 is 15.2 Å². The Bertz CT molecular complexity index is 298. The van der Waals surface area contributed by atoms with Crippen molar-refractivity contribution >= 4 is 0 Å². The van der Waals surface area contributed by atoms with Crippen LogP contribution in [-0.2, 0) is 0 Å². The summed E-state index contributed by atoms with van der Waals surface area (Å²) in [5, 5.41) is 12.1. The number of aliphatic hydroxyl groups excluding tert-OH is 1. The van der Waals surface area contributed by atoms with Gasteiger partial charge in [-0.25, -0.2) is 0 Å². The Hall–Kier alpha value is -1.06. The van der Waals surface area contributed by atoms with Crippen LogP contribution in [0.4, 0.5) is 0 Å². The molecule has 0 aliphatic rings. The predicted octanol–water partition coefficient (Wildman–Crippen LogP) is 2.51. The Morgan fingerprint density at radius 2 is 2.00 bits per heavy atom. The molecule has 1 aromatic rings. The van der Waals surface area contributed by atoms with E-state index in [9.17, 15) is 0 Å². The Labute approximate surface area is 104 Å². The van der Waals surface area contributed by atoms with E-state index in [-0.39, 0.29) is 6.61 Å². The van der Waals surface area contributed by atoms with Crippen LogP contribution >= 0.6 is 0 Å². The van der Waals surface area contributed by atoms with Crippen molar-refractivity contribution in [3.8, 4) is 5.75 Å². The van der Waals surface area contributed by atoms with Gasteiger partial charge in [-0.05, 0) is 44.0 Å². The van der Waals surface area contributed by atoms with Gasteiger partial charge >= 0.3 is 0 Å². The van der Waals surface area contributed by atoms with E-state index in [4.69, 9.17) is 9.84 Å². The zero-order chi connectivity index (χ0) is 12.5. The molecule has 2 N–H and O–H groups in total. The molecular weight excluding hydrogens is 214 g/mol. The van der Waals surface area contributed by atoms with E-state index in [0.717, 1.165) is 31.7 Å². The Morgan fingerprint density at radius 1 is 1.29 bits per heavy atom. The second kappa shape index (κ2) is 8.09. The topological polar surface area (TPSA) is 41.5 Å². The highest BCUT2D eigenvalue weighted by atomic mass is 16.5. The minimum Gasteiger partial charge on any atom is -0.494 e. The van der Waals surface area contributed by atoms with Gasteiger partial charge in [-0.2, -0.15) is 0 Å². The SMILES string of the molecule is CCCOc1ccc(C(C)NCCCO)cc1. The van der Waals surface area contributed by atoms with Crippen LogP contribution in [0.3, 0.4) is 0 Å². The molecule has 0 amide bonds. The smallest absolute Gasteiger partial charge is 0.119 e. The fourth-order valence-electron chi connectivity index (χ4n) is 1.59. The van der Waals surface area contributed by atoms with E-state index >= 15 is 0 Å². The molecule has 17 heavy (non-hydrogen) atoms. The molecule has 1 aromatic carbocycles. The highest BCUT2D eigenvalue weighted by Gasteiger charge is 2.04. The summed E-state index contributed by atoms with van der Waals surface area (Å²) in [5.74, 6) is 0.929. The highest BCUT2D eigenvalue weighted by Crippen LogP contribution is 2.17. The third-order valence-corrected chi connectivity index (χ3v) is 2.64. The molecule has 0 radical (unpaired) electrons. The first-order chi connectivity index (χ1) is 8.27. The molecule has 0 aliphatic heterocycles. The summed E-state index contributed by atoms with van der Waals surface area (Å²) in [6, 6.07) is 8.50. The van der Waals surface area contributed by atoms with Crippen LogP contribution in [-0.4, -0.2) is 24.9 Å². The molecule has 0 saturated carbocycles. The number of aliphatic hydroxyl groups is 1. The van der Waals surface area contributed by atoms with E-state index < -0.39 is 0 Å². The van der Waals surface area contributed by atoms with Crippen LogP contribution in [0.2, 0.25) is 0 Å². The van der Waals surface area contributed by atoms with Crippen molar-refractivity contribution in [1.82, 2.24) is 5.32 Å². The number of ether oxygens (including phenoxy) is 1. The molecule has 0 spiro atoms. The van der Waals surface area contributed by atoms with Gasteiger partial charge in [-0.3, -0.25) is 0 Å². The molecule has 1 atom stereocenters. The van der Waals surface area contributed by atoms with Crippen LogP contribution < -0.4 is 10.1 Å². The highest BCUT2D eigenvalue weighted by molar-refractivity contribution is 5.28. The number of rotatable bonds is 8. The number of nitrogens with one attached hydrogen (secondary N) is 1. The Balaban J connectivity index is 2.43.